The van der Waals surface area contributed by atoms with E-state index >= 15 is 0 Å². The van der Waals surface area contributed by atoms with Gasteiger partial charge in [0.25, 0.3) is 0 Å². The fourth-order valence-corrected chi connectivity index (χ4v) is 3.78. The Morgan fingerprint density at radius 3 is 2.75 bits per heavy atom. The summed E-state index contributed by atoms with van der Waals surface area (Å²) in [6, 6.07) is 1.95. The molecule has 0 amide bonds. The van der Waals surface area contributed by atoms with Crippen molar-refractivity contribution >= 4 is 22.9 Å². The van der Waals surface area contributed by atoms with Gasteiger partial charge in [0.1, 0.15) is 0 Å². The van der Waals surface area contributed by atoms with Crippen molar-refractivity contribution in [2.24, 2.45) is 5.92 Å². The van der Waals surface area contributed by atoms with Gasteiger partial charge in [0.2, 0.25) is 0 Å². The number of aliphatic hydroxyl groups excluding tert-OH is 3. The molecular formula is C15H21ClO3S. The standard InChI is InChI=1S/C15H21ClO3S/c1-9-14(16)8-13(20-9)5-4-11(17)3-2-10-6-12(18)7-15(10)19/h2-3,8,10-12,15,17-19H,4-7H2,1H3/b3-2+/t10-,11-,12-,15-/m1/s1. The van der Waals surface area contributed by atoms with Gasteiger partial charge < -0.3 is 15.3 Å². The minimum Gasteiger partial charge on any atom is -0.393 e. The van der Waals surface area contributed by atoms with E-state index in [1.54, 1.807) is 17.4 Å². The molecule has 1 aliphatic rings. The van der Waals surface area contributed by atoms with Gasteiger partial charge in [-0.15, -0.1) is 11.3 Å². The summed E-state index contributed by atoms with van der Waals surface area (Å²) >= 11 is 7.66. The lowest BCUT2D eigenvalue weighted by Gasteiger charge is -2.10. The molecular weight excluding hydrogens is 296 g/mol. The van der Waals surface area contributed by atoms with Crippen LogP contribution in [0.1, 0.15) is 29.0 Å². The van der Waals surface area contributed by atoms with Crippen molar-refractivity contribution in [1.82, 2.24) is 0 Å². The summed E-state index contributed by atoms with van der Waals surface area (Å²) in [6.07, 6.45) is 4.55. The normalized spacial score (nSPS) is 28.4. The van der Waals surface area contributed by atoms with Crippen LogP contribution in [-0.4, -0.2) is 33.6 Å². The molecule has 1 aliphatic carbocycles. The van der Waals surface area contributed by atoms with Crippen LogP contribution in [0.15, 0.2) is 18.2 Å². The van der Waals surface area contributed by atoms with E-state index in [2.05, 4.69) is 0 Å². The zero-order chi connectivity index (χ0) is 14.7. The average molecular weight is 317 g/mol. The van der Waals surface area contributed by atoms with Crippen LogP contribution >= 0.6 is 22.9 Å². The summed E-state index contributed by atoms with van der Waals surface area (Å²) in [5, 5.41) is 29.9. The molecule has 0 saturated heterocycles. The molecule has 3 nitrogen and oxygen atoms in total. The number of rotatable bonds is 5. The fourth-order valence-electron chi connectivity index (χ4n) is 2.53. The third-order valence-electron chi connectivity index (χ3n) is 3.73. The van der Waals surface area contributed by atoms with Gasteiger partial charge >= 0.3 is 0 Å². The molecule has 5 heteroatoms. The summed E-state index contributed by atoms with van der Waals surface area (Å²) in [5.74, 6) is -0.0434. The Morgan fingerprint density at radius 1 is 1.45 bits per heavy atom. The van der Waals surface area contributed by atoms with Crippen molar-refractivity contribution in [3.8, 4) is 0 Å². The number of aryl methyl sites for hydroxylation is 2. The van der Waals surface area contributed by atoms with E-state index in [-0.39, 0.29) is 5.92 Å². The van der Waals surface area contributed by atoms with E-state index in [4.69, 9.17) is 11.6 Å². The van der Waals surface area contributed by atoms with Gasteiger partial charge in [-0.1, -0.05) is 23.8 Å². The minimum atomic E-state index is -0.527. The molecule has 112 valence electrons. The van der Waals surface area contributed by atoms with Gasteiger partial charge in [0, 0.05) is 15.7 Å². The maximum Gasteiger partial charge on any atom is 0.0724 e. The third-order valence-corrected chi connectivity index (χ3v) is 5.34. The molecule has 4 atom stereocenters. The average Bonchev–Trinajstić information content (AvgIpc) is 2.87. The quantitative estimate of drug-likeness (QED) is 0.732. The molecule has 0 unspecified atom stereocenters. The van der Waals surface area contributed by atoms with Crippen LogP contribution in [-0.2, 0) is 6.42 Å². The van der Waals surface area contributed by atoms with Crippen molar-refractivity contribution in [2.45, 2.75) is 50.9 Å². The molecule has 0 radical (unpaired) electrons. The lowest BCUT2D eigenvalue weighted by atomic mass is 10.0. The number of hydrogen-bond acceptors (Lipinski definition) is 4. The molecule has 2 rings (SSSR count). The summed E-state index contributed by atoms with van der Waals surface area (Å²) in [4.78, 5) is 2.28. The Morgan fingerprint density at radius 2 is 2.20 bits per heavy atom. The second-order valence-corrected chi connectivity index (χ2v) is 7.21. The van der Waals surface area contributed by atoms with Crippen LogP contribution in [0.4, 0.5) is 0 Å². The molecule has 1 fully saturated rings. The van der Waals surface area contributed by atoms with Crippen molar-refractivity contribution in [1.29, 1.82) is 0 Å². The maximum atomic E-state index is 9.94. The van der Waals surface area contributed by atoms with Gasteiger partial charge in [-0.3, -0.25) is 0 Å². The van der Waals surface area contributed by atoms with Crippen molar-refractivity contribution in [2.75, 3.05) is 0 Å². The molecule has 0 spiro atoms. The molecule has 0 aromatic carbocycles. The molecule has 1 aromatic heterocycles. The highest BCUT2D eigenvalue weighted by atomic mass is 35.5. The van der Waals surface area contributed by atoms with E-state index in [1.165, 1.54) is 4.88 Å². The summed E-state index contributed by atoms with van der Waals surface area (Å²) in [6.45, 7) is 1.99. The number of thiophene rings is 1. The zero-order valence-corrected chi connectivity index (χ0v) is 13.1. The third kappa shape index (κ3) is 4.30. The van der Waals surface area contributed by atoms with E-state index in [0.717, 1.165) is 16.3 Å². The van der Waals surface area contributed by atoms with Crippen LogP contribution in [0, 0.1) is 12.8 Å². The molecule has 3 N–H and O–H groups in total. The second kappa shape index (κ2) is 7.05. The van der Waals surface area contributed by atoms with Gasteiger partial charge in [0.15, 0.2) is 0 Å². The first kappa shape index (κ1) is 16.0. The van der Waals surface area contributed by atoms with E-state index in [9.17, 15) is 15.3 Å². The van der Waals surface area contributed by atoms with Gasteiger partial charge in [0.05, 0.1) is 23.3 Å². The number of aliphatic hydroxyl groups is 3. The number of hydrogen-bond donors (Lipinski definition) is 3. The van der Waals surface area contributed by atoms with Crippen molar-refractivity contribution in [3.05, 3.63) is 33.0 Å². The van der Waals surface area contributed by atoms with Crippen molar-refractivity contribution < 1.29 is 15.3 Å². The van der Waals surface area contributed by atoms with Crippen LogP contribution in [0.25, 0.3) is 0 Å². The Hall–Kier alpha value is -0.390. The highest BCUT2D eigenvalue weighted by Gasteiger charge is 2.29. The summed E-state index contributed by atoms with van der Waals surface area (Å²) in [7, 11) is 0. The SMILES string of the molecule is Cc1sc(CC[C@H](O)/C=C/[C@@H]2C[C@@H](O)C[C@H]2O)cc1Cl. The Balaban J connectivity index is 1.79. The smallest absolute Gasteiger partial charge is 0.0724 e. The Bertz CT molecular complexity index is 452. The van der Waals surface area contributed by atoms with Crippen LogP contribution in [0.3, 0.4) is 0 Å². The van der Waals surface area contributed by atoms with Crippen LogP contribution < -0.4 is 0 Å². The molecule has 1 saturated carbocycles. The summed E-state index contributed by atoms with van der Waals surface area (Å²) in [5.41, 5.74) is 0. The first-order valence-corrected chi connectivity index (χ1v) is 8.12. The first-order valence-electron chi connectivity index (χ1n) is 6.93. The Labute approximate surface area is 128 Å². The van der Waals surface area contributed by atoms with Gasteiger partial charge in [-0.2, -0.15) is 0 Å². The second-order valence-electron chi connectivity index (χ2n) is 5.46. The molecule has 20 heavy (non-hydrogen) atoms. The molecule has 0 aliphatic heterocycles. The predicted molar refractivity (Wildman–Crippen MR) is 82.3 cm³/mol. The predicted octanol–water partition coefficient (Wildman–Crippen LogP) is 2.69. The van der Waals surface area contributed by atoms with Crippen molar-refractivity contribution in [3.63, 3.8) is 0 Å². The van der Waals surface area contributed by atoms with E-state index in [1.807, 2.05) is 19.1 Å². The molecule has 1 aromatic rings. The van der Waals surface area contributed by atoms with Gasteiger partial charge in [-0.05, 0) is 38.7 Å². The summed E-state index contributed by atoms with van der Waals surface area (Å²) < 4.78 is 0. The fraction of sp³-hybridized carbons (Fsp3) is 0.600. The largest absolute Gasteiger partial charge is 0.393 e. The van der Waals surface area contributed by atoms with Crippen LogP contribution in [0.5, 0.6) is 0 Å². The highest BCUT2D eigenvalue weighted by Crippen LogP contribution is 2.28. The monoisotopic (exact) mass is 316 g/mol. The first-order chi connectivity index (χ1) is 9.45. The Kier molecular flexibility index (Phi) is 5.64. The van der Waals surface area contributed by atoms with Crippen LogP contribution in [0.2, 0.25) is 5.02 Å². The molecule has 1 heterocycles. The number of halogens is 1. The van der Waals surface area contributed by atoms with E-state index < -0.39 is 18.3 Å². The maximum absolute atomic E-state index is 9.94. The van der Waals surface area contributed by atoms with Gasteiger partial charge in [-0.25, -0.2) is 0 Å². The highest BCUT2D eigenvalue weighted by molar-refractivity contribution is 7.12. The molecule has 0 bridgehead atoms. The minimum absolute atomic E-state index is 0.0434. The zero-order valence-electron chi connectivity index (χ0n) is 11.5. The lowest BCUT2D eigenvalue weighted by Crippen LogP contribution is -2.12. The lowest BCUT2D eigenvalue weighted by molar-refractivity contribution is 0.128. The van der Waals surface area contributed by atoms with E-state index in [0.29, 0.717) is 19.3 Å². The topological polar surface area (TPSA) is 60.7 Å².